The lowest BCUT2D eigenvalue weighted by molar-refractivity contribution is -0.137. The molecular weight excluding hydrogens is 365 g/mol. The summed E-state index contributed by atoms with van der Waals surface area (Å²) < 4.78 is 37.7. The van der Waals surface area contributed by atoms with Crippen LogP contribution < -0.4 is 11.1 Å². The minimum absolute atomic E-state index is 0. The van der Waals surface area contributed by atoms with Crippen molar-refractivity contribution in [1.29, 1.82) is 0 Å². The monoisotopic (exact) mass is 386 g/mol. The predicted octanol–water partition coefficient (Wildman–Crippen LogP) is 4.18. The molecule has 0 radical (unpaired) electrons. The first-order valence-corrected chi connectivity index (χ1v) is 7.95. The maximum atomic E-state index is 12.6. The zero-order valence-corrected chi connectivity index (χ0v) is 15.3. The number of carbonyl (C=O) groups is 1. The Hall–Kier alpha value is -2.05. The summed E-state index contributed by atoms with van der Waals surface area (Å²) in [5, 5.41) is 2.80. The van der Waals surface area contributed by atoms with Crippen LogP contribution in [0.5, 0.6) is 0 Å². The second-order valence-electron chi connectivity index (χ2n) is 6.20. The fourth-order valence-electron chi connectivity index (χ4n) is 2.49. The predicted molar refractivity (Wildman–Crippen MR) is 98.1 cm³/mol. The molecule has 2 aromatic carbocycles. The van der Waals surface area contributed by atoms with Gasteiger partial charge in [0.05, 0.1) is 5.56 Å². The van der Waals surface area contributed by atoms with Crippen LogP contribution in [0.25, 0.3) is 0 Å². The van der Waals surface area contributed by atoms with E-state index in [4.69, 9.17) is 5.73 Å². The Morgan fingerprint density at radius 1 is 1.08 bits per heavy atom. The number of nitrogens with one attached hydrogen (secondary N) is 1. The first-order valence-electron chi connectivity index (χ1n) is 7.95. The summed E-state index contributed by atoms with van der Waals surface area (Å²) in [6, 6.07) is 11.3. The van der Waals surface area contributed by atoms with Gasteiger partial charge in [0.15, 0.2) is 0 Å². The van der Waals surface area contributed by atoms with Crippen molar-refractivity contribution in [3.8, 4) is 0 Å². The lowest BCUT2D eigenvalue weighted by atomic mass is 10.0. The third-order valence-electron chi connectivity index (χ3n) is 3.93. The van der Waals surface area contributed by atoms with Crippen molar-refractivity contribution >= 4 is 18.3 Å². The van der Waals surface area contributed by atoms with Crippen LogP contribution in [0.2, 0.25) is 0 Å². The zero-order valence-electron chi connectivity index (χ0n) is 14.5. The molecule has 0 saturated carbocycles. The van der Waals surface area contributed by atoms with Crippen LogP contribution in [-0.4, -0.2) is 11.9 Å². The SMILES string of the molecule is Cc1ccc(C(N)C(=O)NC(C)Cc2ccc(C(F)(F)F)cc2)cc1.Cl. The van der Waals surface area contributed by atoms with Gasteiger partial charge in [-0.3, -0.25) is 4.79 Å². The number of benzene rings is 2. The Labute approximate surface area is 157 Å². The number of hydrogen-bond acceptors (Lipinski definition) is 2. The van der Waals surface area contributed by atoms with Gasteiger partial charge in [-0.15, -0.1) is 12.4 Å². The van der Waals surface area contributed by atoms with Crippen molar-refractivity contribution in [2.75, 3.05) is 0 Å². The van der Waals surface area contributed by atoms with Crippen LogP contribution in [0.15, 0.2) is 48.5 Å². The average Bonchev–Trinajstić information content (AvgIpc) is 2.54. The van der Waals surface area contributed by atoms with E-state index in [1.807, 2.05) is 19.1 Å². The van der Waals surface area contributed by atoms with Gasteiger partial charge in [-0.2, -0.15) is 13.2 Å². The number of aryl methyl sites for hydroxylation is 1. The first kappa shape index (κ1) is 22.0. The highest BCUT2D eigenvalue weighted by Crippen LogP contribution is 2.29. The van der Waals surface area contributed by atoms with Gasteiger partial charge < -0.3 is 11.1 Å². The van der Waals surface area contributed by atoms with E-state index in [0.717, 1.165) is 17.7 Å². The van der Waals surface area contributed by atoms with Gasteiger partial charge >= 0.3 is 6.18 Å². The second-order valence-corrected chi connectivity index (χ2v) is 6.20. The van der Waals surface area contributed by atoms with Crippen LogP contribution in [0.4, 0.5) is 13.2 Å². The van der Waals surface area contributed by atoms with Gasteiger partial charge in [-0.1, -0.05) is 42.0 Å². The molecule has 7 heteroatoms. The molecule has 0 aliphatic carbocycles. The van der Waals surface area contributed by atoms with Crippen molar-refractivity contribution in [2.24, 2.45) is 5.73 Å². The molecule has 0 heterocycles. The molecule has 2 aromatic rings. The highest BCUT2D eigenvalue weighted by atomic mass is 35.5. The lowest BCUT2D eigenvalue weighted by Crippen LogP contribution is -2.40. The largest absolute Gasteiger partial charge is 0.416 e. The maximum Gasteiger partial charge on any atom is 0.416 e. The Balaban J connectivity index is 0.00000338. The molecular formula is C19H22ClF3N2O. The summed E-state index contributed by atoms with van der Waals surface area (Å²) in [7, 11) is 0. The van der Waals surface area contributed by atoms with Gasteiger partial charge in [0, 0.05) is 6.04 Å². The normalized spacial score (nSPS) is 13.5. The third kappa shape index (κ3) is 6.04. The van der Waals surface area contributed by atoms with Crippen molar-refractivity contribution in [2.45, 2.75) is 38.5 Å². The van der Waals surface area contributed by atoms with Crippen molar-refractivity contribution in [1.82, 2.24) is 5.32 Å². The first-order chi connectivity index (χ1) is 11.7. The van der Waals surface area contributed by atoms with E-state index in [2.05, 4.69) is 5.32 Å². The number of hydrogen-bond donors (Lipinski definition) is 2. The summed E-state index contributed by atoms with van der Waals surface area (Å²) in [6.45, 7) is 3.74. The zero-order chi connectivity index (χ0) is 18.6. The molecule has 1 amide bonds. The molecule has 0 bridgehead atoms. The molecule has 0 aliphatic heterocycles. The summed E-state index contributed by atoms with van der Waals surface area (Å²) in [5.41, 5.74) is 7.78. The van der Waals surface area contributed by atoms with E-state index in [9.17, 15) is 18.0 Å². The van der Waals surface area contributed by atoms with Crippen molar-refractivity contribution in [3.63, 3.8) is 0 Å². The van der Waals surface area contributed by atoms with E-state index >= 15 is 0 Å². The quantitative estimate of drug-likeness (QED) is 0.809. The minimum atomic E-state index is -4.35. The number of alkyl halides is 3. The van der Waals surface area contributed by atoms with Crippen LogP contribution in [-0.2, 0) is 17.4 Å². The smallest absolute Gasteiger partial charge is 0.352 e. The minimum Gasteiger partial charge on any atom is -0.352 e. The molecule has 0 saturated heterocycles. The van der Waals surface area contributed by atoms with Gasteiger partial charge in [-0.05, 0) is 43.5 Å². The molecule has 142 valence electrons. The number of nitrogens with two attached hydrogens (primary N) is 1. The van der Waals surface area contributed by atoms with Gasteiger partial charge in [0.1, 0.15) is 6.04 Å². The third-order valence-corrected chi connectivity index (χ3v) is 3.93. The molecule has 3 N–H and O–H groups in total. The van der Waals surface area contributed by atoms with Crippen LogP contribution in [0.3, 0.4) is 0 Å². The highest BCUT2D eigenvalue weighted by molar-refractivity contribution is 5.85. The Kier molecular flexibility index (Phi) is 7.66. The van der Waals surface area contributed by atoms with Crippen molar-refractivity contribution < 1.29 is 18.0 Å². The topological polar surface area (TPSA) is 55.1 Å². The summed E-state index contributed by atoms with van der Waals surface area (Å²) in [5.74, 6) is -0.316. The molecule has 3 nitrogen and oxygen atoms in total. The fourth-order valence-corrected chi connectivity index (χ4v) is 2.49. The molecule has 0 spiro atoms. The Morgan fingerprint density at radius 2 is 1.62 bits per heavy atom. The Bertz CT molecular complexity index is 715. The van der Waals surface area contributed by atoms with Gasteiger partial charge in [0.25, 0.3) is 0 Å². The molecule has 2 unspecified atom stereocenters. The molecule has 2 rings (SSSR count). The molecule has 0 aliphatic rings. The van der Waals surface area contributed by atoms with E-state index in [1.165, 1.54) is 12.1 Å². The van der Waals surface area contributed by atoms with Crippen LogP contribution in [0.1, 0.15) is 35.2 Å². The van der Waals surface area contributed by atoms with Crippen molar-refractivity contribution in [3.05, 3.63) is 70.8 Å². The summed E-state index contributed by atoms with van der Waals surface area (Å²) in [6.07, 6.45) is -3.93. The number of carbonyl (C=O) groups excluding carboxylic acids is 1. The van der Waals surface area contributed by atoms with E-state index in [-0.39, 0.29) is 24.4 Å². The van der Waals surface area contributed by atoms with Crippen LogP contribution >= 0.6 is 12.4 Å². The molecule has 0 aromatic heterocycles. The second kappa shape index (κ2) is 9.05. The molecule has 26 heavy (non-hydrogen) atoms. The van der Waals surface area contributed by atoms with E-state index in [0.29, 0.717) is 17.5 Å². The standard InChI is InChI=1S/C19H21F3N2O.ClH/c1-12-3-7-15(8-4-12)17(23)18(25)24-13(2)11-14-5-9-16(10-6-14)19(20,21)22;/h3-10,13,17H,11,23H2,1-2H3,(H,24,25);1H. The highest BCUT2D eigenvalue weighted by Gasteiger charge is 2.30. The molecule has 2 atom stereocenters. The van der Waals surface area contributed by atoms with Gasteiger partial charge in [-0.25, -0.2) is 0 Å². The molecule has 0 fully saturated rings. The summed E-state index contributed by atoms with van der Waals surface area (Å²) in [4.78, 5) is 12.2. The van der Waals surface area contributed by atoms with E-state index < -0.39 is 17.8 Å². The number of rotatable bonds is 5. The van der Waals surface area contributed by atoms with Gasteiger partial charge in [0.2, 0.25) is 5.91 Å². The fraction of sp³-hybridized carbons (Fsp3) is 0.316. The maximum absolute atomic E-state index is 12.6. The number of halogens is 4. The average molecular weight is 387 g/mol. The summed E-state index contributed by atoms with van der Waals surface area (Å²) >= 11 is 0. The number of amides is 1. The van der Waals surface area contributed by atoms with E-state index in [1.54, 1.807) is 19.1 Å². The lowest BCUT2D eigenvalue weighted by Gasteiger charge is -2.18. The van der Waals surface area contributed by atoms with Crippen LogP contribution in [0, 0.1) is 6.92 Å². The Morgan fingerprint density at radius 3 is 2.12 bits per heavy atom.